The number of rotatable bonds is 7. The fourth-order valence-corrected chi connectivity index (χ4v) is 6.99. The maximum atomic E-state index is 3.17. The molecular weight excluding hydrogens is 593 g/mol. The first-order valence-corrected chi connectivity index (χ1v) is 16.7. The van der Waals surface area contributed by atoms with Crippen LogP contribution in [0.1, 0.15) is 5.56 Å². The van der Waals surface area contributed by atoms with Crippen molar-refractivity contribution in [1.82, 2.24) is 4.57 Å². The van der Waals surface area contributed by atoms with Crippen molar-refractivity contribution in [2.75, 3.05) is 4.90 Å². The van der Waals surface area contributed by atoms with Gasteiger partial charge in [-0.2, -0.15) is 0 Å². The van der Waals surface area contributed by atoms with Gasteiger partial charge in [-0.25, -0.2) is 0 Å². The van der Waals surface area contributed by atoms with Gasteiger partial charge in [0.1, 0.15) is 0 Å². The molecule has 1 aliphatic carbocycles. The minimum Gasteiger partial charge on any atom is -0.311 e. The van der Waals surface area contributed by atoms with E-state index in [0.717, 1.165) is 22.7 Å². The van der Waals surface area contributed by atoms with E-state index in [1.807, 2.05) is 12.2 Å². The zero-order valence-electron chi connectivity index (χ0n) is 26.9. The van der Waals surface area contributed by atoms with Gasteiger partial charge in [-0.1, -0.05) is 115 Å². The fourth-order valence-electron chi connectivity index (χ4n) is 6.99. The highest BCUT2D eigenvalue weighted by atomic mass is 15.1. The van der Waals surface area contributed by atoms with Crippen molar-refractivity contribution in [2.45, 2.75) is 0 Å². The molecular formula is C47H32N2. The van der Waals surface area contributed by atoms with E-state index in [0.29, 0.717) is 0 Å². The summed E-state index contributed by atoms with van der Waals surface area (Å²) in [6.45, 7) is 0. The third-order valence-electron chi connectivity index (χ3n) is 9.45. The molecule has 49 heavy (non-hydrogen) atoms. The zero-order chi connectivity index (χ0) is 32.6. The van der Waals surface area contributed by atoms with E-state index in [1.54, 1.807) is 0 Å². The van der Waals surface area contributed by atoms with Gasteiger partial charge in [0.15, 0.2) is 0 Å². The van der Waals surface area contributed by atoms with Gasteiger partial charge in [0, 0.05) is 33.5 Å². The molecule has 0 aliphatic heterocycles. The van der Waals surface area contributed by atoms with Crippen LogP contribution in [0, 0.1) is 0 Å². The van der Waals surface area contributed by atoms with Gasteiger partial charge in [0.2, 0.25) is 0 Å². The minimum absolute atomic E-state index is 1.10. The maximum absolute atomic E-state index is 3.17. The monoisotopic (exact) mass is 624 g/mol. The number of aromatic nitrogens is 1. The van der Waals surface area contributed by atoms with E-state index >= 15 is 0 Å². The van der Waals surface area contributed by atoms with E-state index < -0.39 is 0 Å². The summed E-state index contributed by atoms with van der Waals surface area (Å²) in [6.07, 6.45) is 6.09. The van der Waals surface area contributed by atoms with Crippen LogP contribution in [0.2, 0.25) is 0 Å². The number of hydrogen-bond acceptors (Lipinski definition) is 1. The molecule has 1 heterocycles. The van der Waals surface area contributed by atoms with Crippen LogP contribution in [0.3, 0.4) is 0 Å². The Kier molecular flexibility index (Phi) is 7.13. The van der Waals surface area contributed by atoms with E-state index in [1.165, 1.54) is 55.2 Å². The van der Waals surface area contributed by atoms with Crippen LogP contribution in [0.25, 0.3) is 55.3 Å². The zero-order valence-corrected chi connectivity index (χ0v) is 26.9. The Morgan fingerprint density at radius 1 is 0.388 bits per heavy atom. The summed E-state index contributed by atoms with van der Waals surface area (Å²) in [5.41, 5.74) is 17.2. The van der Waals surface area contributed by atoms with Crippen LogP contribution in [-0.4, -0.2) is 4.57 Å². The number of fused-ring (bicyclic) bond motifs is 3. The van der Waals surface area contributed by atoms with Crippen LogP contribution < -0.4 is 4.90 Å². The summed E-state index contributed by atoms with van der Waals surface area (Å²) in [7, 11) is 0. The van der Waals surface area contributed by atoms with Crippen LogP contribution in [-0.2, 0) is 0 Å². The Morgan fingerprint density at radius 3 is 1.31 bits per heavy atom. The second-order valence-electron chi connectivity index (χ2n) is 12.4. The Balaban J connectivity index is 1.05. The second kappa shape index (κ2) is 12.2. The highest BCUT2D eigenvalue weighted by Crippen LogP contribution is 2.38. The Morgan fingerprint density at radius 2 is 0.816 bits per heavy atom. The van der Waals surface area contributed by atoms with E-state index in [-0.39, 0.29) is 0 Å². The lowest BCUT2D eigenvalue weighted by atomic mass is 10.0. The van der Waals surface area contributed by atoms with Crippen molar-refractivity contribution >= 4 is 44.4 Å². The molecule has 0 spiro atoms. The lowest BCUT2D eigenvalue weighted by molar-refractivity contribution is 1.18. The van der Waals surface area contributed by atoms with Gasteiger partial charge in [-0.3, -0.25) is 0 Å². The first-order chi connectivity index (χ1) is 24.3. The molecule has 2 heteroatoms. The average Bonchev–Trinajstić information content (AvgIpc) is 3.84. The van der Waals surface area contributed by atoms with Gasteiger partial charge < -0.3 is 9.47 Å². The molecule has 0 N–H and O–H groups in total. The number of anilines is 3. The maximum Gasteiger partial charge on any atom is 0.0541 e. The Hall–Kier alpha value is -6.60. The lowest BCUT2D eigenvalue weighted by Crippen LogP contribution is -2.09. The summed E-state index contributed by atoms with van der Waals surface area (Å²) < 4.78 is 2.36. The third-order valence-corrected chi connectivity index (χ3v) is 9.45. The Labute approximate surface area is 286 Å². The van der Waals surface area contributed by atoms with Crippen molar-refractivity contribution in [3.8, 4) is 27.9 Å². The van der Waals surface area contributed by atoms with Crippen LogP contribution in [0.5, 0.6) is 0 Å². The van der Waals surface area contributed by atoms with Crippen molar-refractivity contribution < 1.29 is 0 Å². The minimum atomic E-state index is 1.10. The van der Waals surface area contributed by atoms with E-state index in [4.69, 9.17) is 0 Å². The van der Waals surface area contributed by atoms with Gasteiger partial charge in [-0.15, -0.1) is 5.73 Å². The molecule has 1 aliphatic rings. The summed E-state index contributed by atoms with van der Waals surface area (Å²) in [5, 5.41) is 2.55. The highest BCUT2D eigenvalue weighted by Gasteiger charge is 2.15. The normalized spacial score (nSPS) is 12.1. The van der Waals surface area contributed by atoms with Gasteiger partial charge >= 0.3 is 0 Å². The van der Waals surface area contributed by atoms with Crippen molar-refractivity contribution in [1.29, 1.82) is 0 Å². The summed E-state index contributed by atoms with van der Waals surface area (Å²) in [5.74, 6) is 0. The number of hydrogen-bond donors (Lipinski definition) is 0. The molecule has 0 saturated heterocycles. The van der Waals surface area contributed by atoms with Gasteiger partial charge in [0.05, 0.1) is 11.0 Å². The molecule has 230 valence electrons. The fraction of sp³-hybridized carbons (Fsp3) is 0. The largest absolute Gasteiger partial charge is 0.311 e. The third kappa shape index (κ3) is 5.27. The van der Waals surface area contributed by atoms with Crippen molar-refractivity contribution in [3.63, 3.8) is 0 Å². The molecule has 0 unspecified atom stereocenters. The molecule has 0 saturated carbocycles. The summed E-state index contributed by atoms with van der Waals surface area (Å²) in [6, 6.07) is 63.3. The average molecular weight is 625 g/mol. The Bertz CT molecular complexity index is 2470. The molecule has 7 aromatic carbocycles. The predicted octanol–water partition coefficient (Wildman–Crippen LogP) is 12.7. The van der Waals surface area contributed by atoms with E-state index in [9.17, 15) is 0 Å². The standard InChI is InChI=1S/C47H32N2/c1-2-10-34(11-3-1)36-18-26-40(27-19-36)48(41-28-20-37(21-29-41)35-12-4-5-13-35)42-30-22-38(23-31-42)39-24-32-43(33-25-39)49-46-16-8-6-14-44(46)45-15-7-9-17-47(45)49/h1-4,6-33H. The summed E-state index contributed by atoms with van der Waals surface area (Å²) >= 11 is 0. The molecule has 0 amide bonds. The smallest absolute Gasteiger partial charge is 0.0541 e. The highest BCUT2D eigenvalue weighted by molar-refractivity contribution is 6.09. The van der Waals surface area contributed by atoms with Crippen LogP contribution in [0.15, 0.2) is 200 Å². The molecule has 0 bridgehead atoms. The topological polar surface area (TPSA) is 8.17 Å². The molecule has 1 aromatic heterocycles. The van der Waals surface area contributed by atoms with Crippen molar-refractivity contribution in [2.24, 2.45) is 0 Å². The first-order valence-electron chi connectivity index (χ1n) is 16.7. The number of allylic oxidation sites excluding steroid dienone is 3. The molecule has 8 aromatic rings. The molecule has 0 atom stereocenters. The predicted molar refractivity (Wildman–Crippen MR) is 207 cm³/mol. The first kappa shape index (κ1) is 28.6. The number of nitrogens with zero attached hydrogens (tertiary/aromatic N) is 2. The molecule has 0 radical (unpaired) electrons. The summed E-state index contributed by atoms with van der Waals surface area (Å²) in [4.78, 5) is 2.32. The number of para-hydroxylation sites is 2. The van der Waals surface area contributed by atoms with Gasteiger partial charge in [0.25, 0.3) is 0 Å². The van der Waals surface area contributed by atoms with Crippen molar-refractivity contribution in [3.05, 3.63) is 205 Å². The number of benzene rings is 7. The molecule has 2 nitrogen and oxygen atoms in total. The quantitative estimate of drug-likeness (QED) is 0.160. The van der Waals surface area contributed by atoms with E-state index in [2.05, 4.69) is 197 Å². The molecule has 0 fully saturated rings. The lowest BCUT2D eigenvalue weighted by Gasteiger charge is -2.26. The van der Waals surface area contributed by atoms with Crippen LogP contribution >= 0.6 is 0 Å². The second-order valence-corrected chi connectivity index (χ2v) is 12.4. The van der Waals surface area contributed by atoms with Crippen LogP contribution in [0.4, 0.5) is 17.1 Å². The molecule has 9 rings (SSSR count). The van der Waals surface area contributed by atoms with Gasteiger partial charge in [-0.05, 0) is 112 Å². The SMILES string of the molecule is C1=CC=C(c2ccc(N(c3ccc(-c4ccccc4)cc3)c3ccc(-c4ccc(-n5c6ccccc6c6ccccc65)cc4)cc3)cc2)C=1.